The predicted molar refractivity (Wildman–Crippen MR) is 65.3 cm³/mol. The average Bonchev–Trinajstić information content (AvgIpc) is 2.71. The Balaban J connectivity index is 2.01. The van der Waals surface area contributed by atoms with Crippen LogP contribution in [0.2, 0.25) is 0 Å². The summed E-state index contributed by atoms with van der Waals surface area (Å²) in [7, 11) is 1.16. The van der Waals surface area contributed by atoms with E-state index in [1.807, 2.05) is 0 Å². The molecule has 0 saturated carbocycles. The van der Waals surface area contributed by atoms with E-state index >= 15 is 0 Å². The summed E-state index contributed by atoms with van der Waals surface area (Å²) in [6.07, 6.45) is -0.587. The zero-order chi connectivity index (χ0) is 14.8. The summed E-state index contributed by atoms with van der Waals surface area (Å²) < 4.78 is 44.3. The molecule has 1 atom stereocenters. The molecule has 1 aromatic rings. The van der Waals surface area contributed by atoms with Crippen LogP contribution in [-0.2, 0) is 16.1 Å². The first kappa shape index (κ1) is 14.8. The fourth-order valence-electron chi connectivity index (χ4n) is 2.17. The van der Waals surface area contributed by atoms with Gasteiger partial charge in [-0.2, -0.15) is 0 Å². The van der Waals surface area contributed by atoms with Gasteiger partial charge in [0.25, 0.3) is 5.92 Å². The zero-order valence-corrected chi connectivity index (χ0v) is 10.9. The summed E-state index contributed by atoms with van der Waals surface area (Å²) in [5.74, 6) is -4.07. The number of nitrogens with one attached hydrogen (secondary N) is 1. The Hall–Kier alpha value is -1.60. The minimum atomic E-state index is -2.95. The smallest absolute Gasteiger partial charge is 0.324 e. The van der Waals surface area contributed by atoms with E-state index < -0.39 is 36.7 Å². The van der Waals surface area contributed by atoms with Crippen molar-refractivity contribution in [3.8, 4) is 0 Å². The van der Waals surface area contributed by atoms with Crippen LogP contribution in [0.5, 0.6) is 0 Å². The molecule has 1 saturated heterocycles. The highest BCUT2D eigenvalue weighted by Gasteiger charge is 2.48. The van der Waals surface area contributed by atoms with Crippen LogP contribution in [0.15, 0.2) is 24.3 Å². The molecule has 20 heavy (non-hydrogen) atoms. The number of esters is 1. The summed E-state index contributed by atoms with van der Waals surface area (Å²) in [6.45, 7) is -0.427. The number of rotatable bonds is 4. The number of carbonyl (C=O) groups is 1. The number of benzene rings is 1. The molecule has 1 fully saturated rings. The molecule has 0 unspecified atom stereocenters. The van der Waals surface area contributed by atoms with Crippen LogP contribution in [0.1, 0.15) is 12.0 Å². The van der Waals surface area contributed by atoms with Crippen molar-refractivity contribution in [2.45, 2.75) is 24.9 Å². The Labute approximate surface area is 114 Å². The maximum absolute atomic E-state index is 13.4. The molecule has 110 valence electrons. The third-order valence-corrected chi connectivity index (χ3v) is 3.12. The van der Waals surface area contributed by atoms with E-state index in [4.69, 9.17) is 0 Å². The van der Waals surface area contributed by atoms with Crippen molar-refractivity contribution in [1.29, 1.82) is 0 Å². The third kappa shape index (κ3) is 3.49. The molecular weight excluding hydrogens is 273 g/mol. The van der Waals surface area contributed by atoms with Gasteiger partial charge in [0.2, 0.25) is 0 Å². The van der Waals surface area contributed by atoms with Crippen molar-refractivity contribution < 1.29 is 22.7 Å². The molecule has 1 aromatic carbocycles. The maximum atomic E-state index is 13.4. The van der Waals surface area contributed by atoms with Crippen LogP contribution >= 0.6 is 0 Å². The van der Waals surface area contributed by atoms with Gasteiger partial charge in [-0.05, 0) is 17.7 Å². The minimum absolute atomic E-state index is 0.154. The Bertz CT molecular complexity index is 496. The number of hydrogen-bond acceptors (Lipinski definition) is 4. The fraction of sp³-hybridized carbons (Fsp3) is 0.462. The van der Waals surface area contributed by atoms with Gasteiger partial charge in [-0.25, -0.2) is 23.6 Å². The Morgan fingerprint density at radius 2 is 2.30 bits per heavy atom. The molecule has 1 heterocycles. The quantitative estimate of drug-likeness (QED) is 0.857. The topological polar surface area (TPSA) is 41.6 Å². The monoisotopic (exact) mass is 288 g/mol. The number of carbonyl (C=O) groups excluding carboxylic acids is 1. The van der Waals surface area contributed by atoms with E-state index in [-0.39, 0.29) is 6.54 Å². The Morgan fingerprint density at radius 1 is 1.55 bits per heavy atom. The molecule has 1 aliphatic heterocycles. The normalized spacial score (nSPS) is 21.9. The fourth-order valence-corrected chi connectivity index (χ4v) is 2.17. The van der Waals surface area contributed by atoms with Crippen LogP contribution in [0.4, 0.5) is 13.2 Å². The van der Waals surface area contributed by atoms with Crippen LogP contribution in [-0.4, -0.2) is 36.6 Å². The second kappa shape index (κ2) is 5.80. The van der Waals surface area contributed by atoms with Crippen molar-refractivity contribution in [3.05, 3.63) is 35.6 Å². The van der Waals surface area contributed by atoms with Gasteiger partial charge in [-0.15, -0.1) is 0 Å². The number of hydrazine groups is 1. The number of alkyl halides is 2. The lowest BCUT2D eigenvalue weighted by molar-refractivity contribution is -0.147. The molecule has 2 rings (SSSR count). The van der Waals surface area contributed by atoms with Crippen LogP contribution in [0, 0.1) is 5.82 Å². The van der Waals surface area contributed by atoms with E-state index in [0.717, 1.165) is 12.1 Å². The SMILES string of the molecule is COC(=O)[C@@H]1CC(F)(F)CN1NCc1cccc(F)c1. The average molecular weight is 288 g/mol. The first-order chi connectivity index (χ1) is 9.41. The number of hydrogen-bond donors (Lipinski definition) is 1. The van der Waals surface area contributed by atoms with Crippen LogP contribution in [0.3, 0.4) is 0 Å². The summed E-state index contributed by atoms with van der Waals surface area (Å²) >= 11 is 0. The molecule has 0 spiro atoms. The highest BCUT2D eigenvalue weighted by atomic mass is 19.3. The van der Waals surface area contributed by atoms with E-state index in [0.29, 0.717) is 5.56 Å². The summed E-state index contributed by atoms with van der Waals surface area (Å²) in [6, 6.07) is 4.75. The van der Waals surface area contributed by atoms with Crippen molar-refractivity contribution in [3.63, 3.8) is 0 Å². The molecule has 7 heteroatoms. The Morgan fingerprint density at radius 3 is 2.95 bits per heavy atom. The number of ether oxygens (including phenoxy) is 1. The van der Waals surface area contributed by atoms with Gasteiger partial charge < -0.3 is 4.74 Å². The van der Waals surface area contributed by atoms with Gasteiger partial charge in [0.15, 0.2) is 0 Å². The van der Waals surface area contributed by atoms with Crippen LogP contribution in [0.25, 0.3) is 0 Å². The molecule has 0 bridgehead atoms. The third-order valence-electron chi connectivity index (χ3n) is 3.12. The first-order valence-electron chi connectivity index (χ1n) is 6.11. The molecular formula is C13H15F3N2O2. The molecule has 0 amide bonds. The molecule has 4 nitrogen and oxygen atoms in total. The largest absolute Gasteiger partial charge is 0.468 e. The van der Waals surface area contributed by atoms with Crippen molar-refractivity contribution in [1.82, 2.24) is 10.4 Å². The van der Waals surface area contributed by atoms with Crippen LogP contribution < -0.4 is 5.43 Å². The lowest BCUT2D eigenvalue weighted by Gasteiger charge is -2.22. The zero-order valence-electron chi connectivity index (χ0n) is 10.9. The van der Waals surface area contributed by atoms with Gasteiger partial charge in [0, 0.05) is 13.0 Å². The number of methoxy groups -OCH3 is 1. The maximum Gasteiger partial charge on any atom is 0.324 e. The Kier molecular flexibility index (Phi) is 4.29. The molecule has 0 aliphatic carbocycles. The second-order valence-electron chi connectivity index (χ2n) is 4.69. The van der Waals surface area contributed by atoms with Gasteiger partial charge in [0.1, 0.15) is 11.9 Å². The molecule has 1 N–H and O–H groups in total. The molecule has 0 aromatic heterocycles. The standard InChI is InChI=1S/C13H15F3N2O2/c1-20-12(19)11-6-13(15,16)8-18(11)17-7-9-3-2-4-10(14)5-9/h2-5,11,17H,6-8H2,1H3/t11-/m0/s1. The number of nitrogens with zero attached hydrogens (tertiary/aromatic N) is 1. The number of halogens is 3. The highest BCUT2D eigenvalue weighted by Crippen LogP contribution is 2.31. The lowest BCUT2D eigenvalue weighted by atomic mass is 10.2. The van der Waals surface area contributed by atoms with Gasteiger partial charge >= 0.3 is 5.97 Å². The van der Waals surface area contributed by atoms with Gasteiger partial charge in [-0.3, -0.25) is 4.79 Å². The van der Waals surface area contributed by atoms with Crippen molar-refractivity contribution in [2.24, 2.45) is 0 Å². The van der Waals surface area contributed by atoms with E-state index in [9.17, 15) is 18.0 Å². The lowest BCUT2D eigenvalue weighted by Crippen LogP contribution is -2.45. The highest BCUT2D eigenvalue weighted by molar-refractivity contribution is 5.76. The summed E-state index contributed by atoms with van der Waals surface area (Å²) in [4.78, 5) is 11.5. The summed E-state index contributed by atoms with van der Waals surface area (Å²) in [5.41, 5.74) is 3.33. The second-order valence-corrected chi connectivity index (χ2v) is 4.69. The van der Waals surface area contributed by atoms with E-state index in [2.05, 4.69) is 10.2 Å². The minimum Gasteiger partial charge on any atom is -0.468 e. The van der Waals surface area contributed by atoms with Crippen molar-refractivity contribution in [2.75, 3.05) is 13.7 Å². The predicted octanol–water partition coefficient (Wildman–Crippen LogP) is 1.71. The molecule has 0 radical (unpaired) electrons. The van der Waals surface area contributed by atoms with Gasteiger partial charge in [-0.1, -0.05) is 12.1 Å². The van der Waals surface area contributed by atoms with Gasteiger partial charge in [0.05, 0.1) is 13.7 Å². The molecule has 1 aliphatic rings. The summed E-state index contributed by atoms with van der Waals surface area (Å²) in [5, 5.41) is 1.15. The van der Waals surface area contributed by atoms with E-state index in [1.54, 1.807) is 6.07 Å². The van der Waals surface area contributed by atoms with Crippen molar-refractivity contribution >= 4 is 5.97 Å². The first-order valence-corrected chi connectivity index (χ1v) is 6.11. The van der Waals surface area contributed by atoms with E-state index in [1.165, 1.54) is 18.2 Å².